The van der Waals surface area contributed by atoms with Gasteiger partial charge < -0.3 is 15.2 Å². The van der Waals surface area contributed by atoms with E-state index in [2.05, 4.69) is 25.4 Å². The second-order valence-electron chi connectivity index (χ2n) is 4.50. The summed E-state index contributed by atoms with van der Waals surface area (Å²) < 4.78 is 5.12. The number of ether oxygens (including phenoxy) is 1. The number of methoxy groups -OCH3 is 1. The minimum absolute atomic E-state index is 0.184. The molecule has 4 heteroatoms. The summed E-state index contributed by atoms with van der Waals surface area (Å²) in [6, 6.07) is 6.22. The summed E-state index contributed by atoms with van der Waals surface area (Å²) >= 11 is 1.87. The van der Waals surface area contributed by atoms with Crippen molar-refractivity contribution < 1.29 is 9.84 Å². The number of phenols is 1. The lowest BCUT2D eigenvalue weighted by Crippen LogP contribution is -2.29. The molecular weight excluding hydrogens is 246 g/mol. The number of hydrogen-bond donors (Lipinski definition) is 2. The maximum absolute atomic E-state index is 9.57. The molecular formula is C14H23NO2S. The van der Waals surface area contributed by atoms with Crippen LogP contribution in [0.25, 0.3) is 0 Å². The van der Waals surface area contributed by atoms with Crippen LogP contribution in [0.1, 0.15) is 31.9 Å². The molecule has 2 unspecified atom stereocenters. The molecule has 0 bridgehead atoms. The summed E-state index contributed by atoms with van der Waals surface area (Å²) in [5.74, 6) is 1.88. The number of thioether (sulfide) groups is 1. The molecule has 0 aliphatic carbocycles. The van der Waals surface area contributed by atoms with Crippen LogP contribution in [0, 0.1) is 0 Å². The molecule has 102 valence electrons. The molecule has 0 aliphatic heterocycles. The first-order valence-electron chi connectivity index (χ1n) is 6.20. The highest BCUT2D eigenvalue weighted by Gasteiger charge is 2.11. The SMILES string of the molecule is COc1cc(C(C)NC(C)CCSC)ccc1O. The molecule has 0 heterocycles. The van der Waals surface area contributed by atoms with E-state index in [-0.39, 0.29) is 11.8 Å². The quantitative estimate of drug-likeness (QED) is 0.797. The van der Waals surface area contributed by atoms with Crippen LogP contribution in [0.2, 0.25) is 0 Å². The smallest absolute Gasteiger partial charge is 0.160 e. The van der Waals surface area contributed by atoms with E-state index in [9.17, 15) is 5.11 Å². The fourth-order valence-corrected chi connectivity index (χ4v) is 2.45. The fourth-order valence-electron chi connectivity index (χ4n) is 1.86. The molecule has 0 amide bonds. The lowest BCUT2D eigenvalue weighted by atomic mass is 10.1. The van der Waals surface area contributed by atoms with Crippen molar-refractivity contribution in [3.8, 4) is 11.5 Å². The molecule has 3 nitrogen and oxygen atoms in total. The van der Waals surface area contributed by atoms with Gasteiger partial charge in [0.25, 0.3) is 0 Å². The highest BCUT2D eigenvalue weighted by Crippen LogP contribution is 2.29. The van der Waals surface area contributed by atoms with E-state index in [1.807, 2.05) is 23.9 Å². The van der Waals surface area contributed by atoms with Gasteiger partial charge in [0.15, 0.2) is 11.5 Å². The molecule has 0 saturated carbocycles. The summed E-state index contributed by atoms with van der Waals surface area (Å²) in [7, 11) is 1.57. The van der Waals surface area contributed by atoms with E-state index in [0.717, 1.165) is 12.0 Å². The van der Waals surface area contributed by atoms with Gasteiger partial charge in [0.1, 0.15) is 0 Å². The maximum Gasteiger partial charge on any atom is 0.160 e. The monoisotopic (exact) mass is 269 g/mol. The Balaban J connectivity index is 2.63. The maximum atomic E-state index is 9.57. The van der Waals surface area contributed by atoms with Gasteiger partial charge in [0.05, 0.1) is 7.11 Å². The van der Waals surface area contributed by atoms with E-state index < -0.39 is 0 Å². The molecule has 0 radical (unpaired) electrons. The fraction of sp³-hybridized carbons (Fsp3) is 0.571. The van der Waals surface area contributed by atoms with E-state index in [1.165, 1.54) is 5.75 Å². The first-order chi connectivity index (χ1) is 8.58. The molecule has 18 heavy (non-hydrogen) atoms. The van der Waals surface area contributed by atoms with Gasteiger partial charge in [-0.15, -0.1) is 0 Å². The highest BCUT2D eigenvalue weighted by atomic mass is 32.2. The van der Waals surface area contributed by atoms with Crippen LogP contribution in [0.15, 0.2) is 18.2 Å². The first kappa shape index (κ1) is 15.2. The molecule has 0 spiro atoms. The number of rotatable bonds is 7. The van der Waals surface area contributed by atoms with Crippen molar-refractivity contribution in [3.05, 3.63) is 23.8 Å². The lowest BCUT2D eigenvalue weighted by molar-refractivity contribution is 0.371. The average Bonchev–Trinajstić information content (AvgIpc) is 2.36. The third kappa shape index (κ3) is 4.42. The van der Waals surface area contributed by atoms with Gasteiger partial charge in [-0.2, -0.15) is 11.8 Å². The van der Waals surface area contributed by atoms with E-state index in [1.54, 1.807) is 13.2 Å². The minimum Gasteiger partial charge on any atom is -0.504 e. The summed E-state index contributed by atoms with van der Waals surface area (Å²) in [6.45, 7) is 4.33. The van der Waals surface area contributed by atoms with Gasteiger partial charge >= 0.3 is 0 Å². The molecule has 2 N–H and O–H groups in total. The van der Waals surface area contributed by atoms with E-state index in [0.29, 0.717) is 11.8 Å². The average molecular weight is 269 g/mol. The van der Waals surface area contributed by atoms with Crippen LogP contribution in [-0.2, 0) is 0 Å². The van der Waals surface area contributed by atoms with E-state index >= 15 is 0 Å². The number of nitrogens with one attached hydrogen (secondary N) is 1. The number of benzene rings is 1. The molecule has 0 fully saturated rings. The Bertz CT molecular complexity index is 371. The summed E-state index contributed by atoms with van der Waals surface area (Å²) in [6.07, 6.45) is 3.28. The molecule has 1 aromatic rings. The Morgan fingerprint density at radius 2 is 2.11 bits per heavy atom. The third-order valence-electron chi connectivity index (χ3n) is 2.99. The molecule has 0 saturated heterocycles. The van der Waals surface area contributed by atoms with Crippen molar-refractivity contribution in [1.82, 2.24) is 5.32 Å². The van der Waals surface area contributed by atoms with Crippen LogP contribution < -0.4 is 10.1 Å². The minimum atomic E-state index is 0.184. The second-order valence-corrected chi connectivity index (χ2v) is 5.49. The predicted octanol–water partition coefficient (Wildman–Crippen LogP) is 3.19. The molecule has 0 aromatic heterocycles. The zero-order chi connectivity index (χ0) is 13.5. The molecule has 0 aliphatic rings. The second kappa shape index (κ2) is 7.54. The molecule has 1 rings (SSSR count). The molecule has 1 aromatic carbocycles. The van der Waals surface area contributed by atoms with Crippen LogP contribution in [0.5, 0.6) is 11.5 Å². The number of phenolic OH excluding ortho intramolecular Hbond substituents is 1. The summed E-state index contributed by atoms with van der Waals surface area (Å²) in [5.41, 5.74) is 1.13. The highest BCUT2D eigenvalue weighted by molar-refractivity contribution is 7.98. The van der Waals surface area contributed by atoms with Gasteiger partial charge in [-0.3, -0.25) is 0 Å². The Kier molecular flexibility index (Phi) is 6.36. The lowest BCUT2D eigenvalue weighted by Gasteiger charge is -2.20. The van der Waals surface area contributed by atoms with Crippen LogP contribution in [0.4, 0.5) is 0 Å². The van der Waals surface area contributed by atoms with Gasteiger partial charge in [-0.1, -0.05) is 6.07 Å². The third-order valence-corrected chi connectivity index (χ3v) is 3.64. The van der Waals surface area contributed by atoms with Crippen molar-refractivity contribution >= 4 is 11.8 Å². The first-order valence-corrected chi connectivity index (χ1v) is 7.59. The Labute approximate surface area is 114 Å². The molecule has 2 atom stereocenters. The van der Waals surface area contributed by atoms with Gasteiger partial charge in [0, 0.05) is 12.1 Å². The van der Waals surface area contributed by atoms with E-state index in [4.69, 9.17) is 4.74 Å². The van der Waals surface area contributed by atoms with Gasteiger partial charge in [-0.05, 0) is 50.0 Å². The Morgan fingerprint density at radius 3 is 2.72 bits per heavy atom. The van der Waals surface area contributed by atoms with Gasteiger partial charge in [0.2, 0.25) is 0 Å². The zero-order valence-electron chi connectivity index (χ0n) is 11.6. The van der Waals surface area contributed by atoms with Crippen LogP contribution in [0.3, 0.4) is 0 Å². The Morgan fingerprint density at radius 1 is 1.39 bits per heavy atom. The van der Waals surface area contributed by atoms with Crippen molar-refractivity contribution in [3.63, 3.8) is 0 Å². The predicted molar refractivity (Wildman–Crippen MR) is 78.7 cm³/mol. The standard InChI is InChI=1S/C14H23NO2S/c1-10(7-8-18-4)15-11(2)12-5-6-13(16)14(9-12)17-3/h5-6,9-11,15-16H,7-8H2,1-4H3. The zero-order valence-corrected chi connectivity index (χ0v) is 12.4. The summed E-state index contributed by atoms with van der Waals surface area (Å²) in [5, 5.41) is 13.1. The Hall–Kier alpha value is -0.870. The van der Waals surface area contributed by atoms with Crippen molar-refractivity contribution in [2.24, 2.45) is 0 Å². The number of aromatic hydroxyl groups is 1. The van der Waals surface area contributed by atoms with Crippen LogP contribution >= 0.6 is 11.8 Å². The normalized spacial score (nSPS) is 14.2. The van der Waals surface area contributed by atoms with Crippen LogP contribution in [-0.4, -0.2) is 30.3 Å². The summed E-state index contributed by atoms with van der Waals surface area (Å²) in [4.78, 5) is 0. The topological polar surface area (TPSA) is 41.5 Å². The van der Waals surface area contributed by atoms with Crippen molar-refractivity contribution in [2.45, 2.75) is 32.4 Å². The van der Waals surface area contributed by atoms with Crippen molar-refractivity contribution in [2.75, 3.05) is 19.1 Å². The largest absolute Gasteiger partial charge is 0.504 e. The van der Waals surface area contributed by atoms with Gasteiger partial charge in [-0.25, -0.2) is 0 Å². The van der Waals surface area contributed by atoms with Crippen molar-refractivity contribution in [1.29, 1.82) is 0 Å². The number of hydrogen-bond acceptors (Lipinski definition) is 4.